The molecule has 1 fully saturated rings. The van der Waals surface area contributed by atoms with Crippen molar-refractivity contribution in [1.29, 1.82) is 0 Å². The highest BCUT2D eigenvalue weighted by molar-refractivity contribution is 9.10. The quantitative estimate of drug-likeness (QED) is 0.856. The number of amides is 2. The largest absolute Gasteiger partial charge is 0.335 e. The minimum absolute atomic E-state index is 0.108. The van der Waals surface area contributed by atoms with E-state index in [9.17, 15) is 4.79 Å². The number of carbonyl (C=O) groups is 1. The molecule has 0 unspecified atom stereocenters. The molecule has 92 valence electrons. The predicted molar refractivity (Wildman–Crippen MR) is 73.3 cm³/mol. The topological polar surface area (TPSA) is 41.1 Å². The fourth-order valence-electron chi connectivity index (χ4n) is 2.16. The van der Waals surface area contributed by atoms with E-state index in [1.807, 2.05) is 25.1 Å². The van der Waals surface area contributed by atoms with E-state index in [2.05, 4.69) is 26.6 Å². The van der Waals surface area contributed by atoms with Crippen LogP contribution < -0.4 is 10.6 Å². The maximum absolute atomic E-state index is 11.8. The molecule has 4 heteroatoms. The first-order valence-corrected chi connectivity index (χ1v) is 6.79. The molecule has 2 N–H and O–H groups in total. The molecule has 0 bridgehead atoms. The fraction of sp³-hybridized carbons (Fsp3) is 0.462. The van der Waals surface area contributed by atoms with Gasteiger partial charge in [-0.3, -0.25) is 0 Å². The molecule has 0 atom stereocenters. The van der Waals surface area contributed by atoms with Crippen LogP contribution in [0.1, 0.15) is 31.2 Å². The minimum Gasteiger partial charge on any atom is -0.335 e. The van der Waals surface area contributed by atoms with Crippen LogP contribution in [-0.2, 0) is 0 Å². The molecule has 0 heterocycles. The summed E-state index contributed by atoms with van der Waals surface area (Å²) < 4.78 is 0.946. The lowest BCUT2D eigenvalue weighted by molar-refractivity contribution is 0.248. The lowest BCUT2D eigenvalue weighted by Gasteiger charge is -2.14. The minimum atomic E-state index is -0.108. The molecule has 17 heavy (non-hydrogen) atoms. The average Bonchev–Trinajstić information content (AvgIpc) is 2.77. The number of nitrogens with one attached hydrogen (secondary N) is 2. The summed E-state index contributed by atoms with van der Waals surface area (Å²) in [5, 5.41) is 5.88. The van der Waals surface area contributed by atoms with Crippen LogP contribution >= 0.6 is 15.9 Å². The van der Waals surface area contributed by atoms with Gasteiger partial charge in [0.05, 0.1) is 5.69 Å². The van der Waals surface area contributed by atoms with Crippen LogP contribution in [-0.4, -0.2) is 12.1 Å². The van der Waals surface area contributed by atoms with E-state index in [1.165, 1.54) is 12.8 Å². The van der Waals surface area contributed by atoms with Gasteiger partial charge in [0.2, 0.25) is 0 Å². The molecule has 3 nitrogen and oxygen atoms in total. The number of aryl methyl sites for hydroxylation is 1. The summed E-state index contributed by atoms with van der Waals surface area (Å²) in [7, 11) is 0. The van der Waals surface area contributed by atoms with Crippen LogP contribution in [0, 0.1) is 6.92 Å². The first-order chi connectivity index (χ1) is 8.16. The molecule has 0 radical (unpaired) electrons. The Balaban J connectivity index is 1.95. The monoisotopic (exact) mass is 296 g/mol. The molecule has 0 saturated heterocycles. The lowest BCUT2D eigenvalue weighted by Crippen LogP contribution is -2.36. The van der Waals surface area contributed by atoms with Crippen LogP contribution in [0.4, 0.5) is 10.5 Å². The molecule has 2 amide bonds. The van der Waals surface area contributed by atoms with Crippen molar-refractivity contribution in [1.82, 2.24) is 5.32 Å². The molecular formula is C13H17BrN2O. The standard InChI is InChI=1S/C13H17BrN2O/c1-9-5-4-8-11(12(9)14)16-13(17)15-10-6-2-3-7-10/h4-5,8,10H,2-3,6-7H2,1H3,(H2,15,16,17). The Morgan fingerprint density at radius 1 is 1.35 bits per heavy atom. The van der Waals surface area contributed by atoms with Gasteiger partial charge in [0.1, 0.15) is 0 Å². The zero-order valence-electron chi connectivity index (χ0n) is 9.92. The highest BCUT2D eigenvalue weighted by Crippen LogP contribution is 2.25. The van der Waals surface area contributed by atoms with E-state index in [1.54, 1.807) is 0 Å². The number of carbonyl (C=O) groups excluding carboxylic acids is 1. The molecule has 0 aromatic heterocycles. The Hall–Kier alpha value is -1.03. The molecule has 1 aromatic rings. The molecular weight excluding hydrogens is 280 g/mol. The molecule has 0 aliphatic heterocycles. The van der Waals surface area contributed by atoms with Crippen molar-refractivity contribution < 1.29 is 4.79 Å². The summed E-state index contributed by atoms with van der Waals surface area (Å²) in [4.78, 5) is 11.8. The smallest absolute Gasteiger partial charge is 0.319 e. The van der Waals surface area contributed by atoms with E-state index in [0.29, 0.717) is 6.04 Å². The summed E-state index contributed by atoms with van der Waals surface area (Å²) in [6, 6.07) is 6.07. The van der Waals surface area contributed by atoms with Gasteiger partial charge in [-0.25, -0.2) is 4.79 Å². The van der Waals surface area contributed by atoms with Crippen molar-refractivity contribution in [2.75, 3.05) is 5.32 Å². The summed E-state index contributed by atoms with van der Waals surface area (Å²) in [6.07, 6.45) is 4.64. The third-order valence-corrected chi connectivity index (χ3v) is 4.18. The molecule has 1 aliphatic rings. The molecule has 0 spiro atoms. The van der Waals surface area contributed by atoms with E-state index in [0.717, 1.165) is 28.6 Å². The first-order valence-electron chi connectivity index (χ1n) is 5.99. The van der Waals surface area contributed by atoms with Gasteiger partial charge >= 0.3 is 6.03 Å². The summed E-state index contributed by atoms with van der Waals surface area (Å²) >= 11 is 3.48. The second-order valence-electron chi connectivity index (χ2n) is 4.52. The number of anilines is 1. The second-order valence-corrected chi connectivity index (χ2v) is 5.31. The normalized spacial score (nSPS) is 15.9. The van der Waals surface area contributed by atoms with Gasteiger partial charge in [0.25, 0.3) is 0 Å². The van der Waals surface area contributed by atoms with Gasteiger partial charge in [-0.05, 0) is 47.3 Å². The van der Waals surface area contributed by atoms with Crippen molar-refractivity contribution in [2.24, 2.45) is 0 Å². The fourth-order valence-corrected chi connectivity index (χ4v) is 2.52. The zero-order chi connectivity index (χ0) is 12.3. The summed E-state index contributed by atoms with van der Waals surface area (Å²) in [5.74, 6) is 0. The summed E-state index contributed by atoms with van der Waals surface area (Å²) in [5.41, 5.74) is 1.93. The van der Waals surface area contributed by atoms with Crippen LogP contribution in [0.3, 0.4) is 0 Å². The Morgan fingerprint density at radius 3 is 2.76 bits per heavy atom. The number of benzene rings is 1. The maximum atomic E-state index is 11.8. The van der Waals surface area contributed by atoms with Crippen LogP contribution in [0.25, 0.3) is 0 Å². The Kier molecular flexibility index (Phi) is 4.05. The number of hydrogen-bond acceptors (Lipinski definition) is 1. The molecule has 2 rings (SSSR count). The van der Waals surface area contributed by atoms with Gasteiger partial charge < -0.3 is 10.6 Å². The van der Waals surface area contributed by atoms with Crippen molar-refractivity contribution in [3.63, 3.8) is 0 Å². The van der Waals surface area contributed by atoms with E-state index < -0.39 is 0 Å². The molecule has 1 aromatic carbocycles. The van der Waals surface area contributed by atoms with Crippen molar-refractivity contribution in [2.45, 2.75) is 38.6 Å². The third kappa shape index (κ3) is 3.22. The van der Waals surface area contributed by atoms with Crippen molar-refractivity contribution >= 4 is 27.6 Å². The van der Waals surface area contributed by atoms with Gasteiger partial charge in [0.15, 0.2) is 0 Å². The third-order valence-electron chi connectivity index (χ3n) is 3.13. The van der Waals surface area contributed by atoms with Crippen LogP contribution in [0.5, 0.6) is 0 Å². The van der Waals surface area contributed by atoms with Crippen LogP contribution in [0.15, 0.2) is 22.7 Å². The number of urea groups is 1. The Morgan fingerprint density at radius 2 is 2.06 bits per heavy atom. The van der Waals surface area contributed by atoms with Gasteiger partial charge in [-0.15, -0.1) is 0 Å². The average molecular weight is 297 g/mol. The zero-order valence-corrected chi connectivity index (χ0v) is 11.5. The van der Waals surface area contributed by atoms with E-state index >= 15 is 0 Å². The highest BCUT2D eigenvalue weighted by atomic mass is 79.9. The van der Waals surface area contributed by atoms with Crippen molar-refractivity contribution in [3.8, 4) is 0 Å². The number of halogens is 1. The SMILES string of the molecule is Cc1cccc(NC(=O)NC2CCCC2)c1Br. The summed E-state index contributed by atoms with van der Waals surface area (Å²) in [6.45, 7) is 2.00. The van der Waals surface area contributed by atoms with Gasteiger partial charge in [0, 0.05) is 10.5 Å². The van der Waals surface area contributed by atoms with Gasteiger partial charge in [-0.1, -0.05) is 25.0 Å². The first kappa shape index (κ1) is 12.4. The Bertz CT molecular complexity index is 414. The van der Waals surface area contributed by atoms with Gasteiger partial charge in [-0.2, -0.15) is 0 Å². The van der Waals surface area contributed by atoms with E-state index in [4.69, 9.17) is 0 Å². The second kappa shape index (κ2) is 5.54. The Labute approximate surface area is 110 Å². The maximum Gasteiger partial charge on any atom is 0.319 e. The van der Waals surface area contributed by atoms with Crippen LogP contribution in [0.2, 0.25) is 0 Å². The van der Waals surface area contributed by atoms with Crippen molar-refractivity contribution in [3.05, 3.63) is 28.2 Å². The lowest BCUT2D eigenvalue weighted by atomic mass is 10.2. The number of rotatable bonds is 2. The highest BCUT2D eigenvalue weighted by Gasteiger charge is 2.17. The molecule has 1 saturated carbocycles. The number of hydrogen-bond donors (Lipinski definition) is 2. The predicted octanol–water partition coefficient (Wildman–Crippen LogP) is 3.82. The van der Waals surface area contributed by atoms with E-state index in [-0.39, 0.29) is 6.03 Å². The molecule has 1 aliphatic carbocycles.